The SMILES string of the molecule is CCCCCN(C)C(=O)Cc1ccccc1. The van der Waals surface area contributed by atoms with Crippen molar-refractivity contribution in [2.75, 3.05) is 13.6 Å². The first-order chi connectivity index (χ1) is 7.74. The van der Waals surface area contributed by atoms with Gasteiger partial charge in [-0.05, 0) is 12.0 Å². The van der Waals surface area contributed by atoms with Gasteiger partial charge in [0.15, 0.2) is 0 Å². The van der Waals surface area contributed by atoms with Crippen molar-refractivity contribution in [3.8, 4) is 0 Å². The number of amides is 1. The van der Waals surface area contributed by atoms with Gasteiger partial charge in [0.05, 0.1) is 6.42 Å². The highest BCUT2D eigenvalue weighted by Crippen LogP contribution is 2.03. The van der Waals surface area contributed by atoms with Crippen LogP contribution >= 0.6 is 0 Å². The highest BCUT2D eigenvalue weighted by molar-refractivity contribution is 5.78. The van der Waals surface area contributed by atoms with Gasteiger partial charge in [0.25, 0.3) is 0 Å². The Hall–Kier alpha value is -1.31. The van der Waals surface area contributed by atoms with Crippen LogP contribution < -0.4 is 0 Å². The minimum atomic E-state index is 0.210. The molecule has 0 saturated carbocycles. The molecule has 0 aliphatic heterocycles. The van der Waals surface area contributed by atoms with Crippen molar-refractivity contribution in [1.29, 1.82) is 0 Å². The van der Waals surface area contributed by atoms with Gasteiger partial charge >= 0.3 is 0 Å². The van der Waals surface area contributed by atoms with Crippen LogP contribution in [0, 0.1) is 0 Å². The lowest BCUT2D eigenvalue weighted by Gasteiger charge is -2.16. The van der Waals surface area contributed by atoms with Gasteiger partial charge in [-0.1, -0.05) is 50.1 Å². The summed E-state index contributed by atoms with van der Waals surface area (Å²) in [7, 11) is 1.89. The van der Waals surface area contributed by atoms with E-state index in [1.54, 1.807) is 0 Å². The Morgan fingerprint density at radius 2 is 1.88 bits per heavy atom. The maximum atomic E-state index is 11.8. The van der Waals surface area contributed by atoms with Gasteiger partial charge in [-0.3, -0.25) is 4.79 Å². The van der Waals surface area contributed by atoms with Crippen LogP contribution in [0.4, 0.5) is 0 Å². The van der Waals surface area contributed by atoms with E-state index in [4.69, 9.17) is 0 Å². The molecule has 0 aromatic heterocycles. The molecule has 1 aromatic rings. The molecule has 0 radical (unpaired) electrons. The summed E-state index contributed by atoms with van der Waals surface area (Å²) in [5.74, 6) is 0.210. The number of rotatable bonds is 6. The molecule has 0 aliphatic rings. The Morgan fingerprint density at radius 1 is 1.19 bits per heavy atom. The predicted molar refractivity (Wildman–Crippen MR) is 67.3 cm³/mol. The third kappa shape index (κ3) is 4.47. The smallest absolute Gasteiger partial charge is 0.226 e. The summed E-state index contributed by atoms with van der Waals surface area (Å²) in [4.78, 5) is 13.7. The standard InChI is InChI=1S/C14H21NO/c1-3-4-8-11-15(2)14(16)12-13-9-6-5-7-10-13/h5-7,9-10H,3-4,8,11-12H2,1-2H3. The molecule has 1 aromatic carbocycles. The molecule has 1 amide bonds. The van der Waals surface area contributed by atoms with E-state index in [1.165, 1.54) is 12.8 Å². The molecule has 0 heterocycles. The summed E-state index contributed by atoms with van der Waals surface area (Å²) in [5.41, 5.74) is 1.09. The molecule has 0 unspecified atom stereocenters. The van der Waals surface area contributed by atoms with Crippen LogP contribution in [0.1, 0.15) is 31.7 Å². The highest BCUT2D eigenvalue weighted by Gasteiger charge is 2.08. The lowest BCUT2D eigenvalue weighted by Crippen LogP contribution is -2.29. The zero-order valence-electron chi connectivity index (χ0n) is 10.3. The number of nitrogens with zero attached hydrogens (tertiary/aromatic N) is 1. The Labute approximate surface area is 98.3 Å². The van der Waals surface area contributed by atoms with Crippen LogP contribution in [0.15, 0.2) is 30.3 Å². The monoisotopic (exact) mass is 219 g/mol. The van der Waals surface area contributed by atoms with Gasteiger partial charge in [-0.2, -0.15) is 0 Å². The Bertz CT molecular complexity index is 308. The molecule has 0 bridgehead atoms. The third-order valence-electron chi connectivity index (χ3n) is 2.72. The quantitative estimate of drug-likeness (QED) is 0.674. The van der Waals surface area contributed by atoms with Crippen molar-refractivity contribution >= 4 is 5.91 Å². The van der Waals surface area contributed by atoms with Crippen molar-refractivity contribution in [3.05, 3.63) is 35.9 Å². The molecule has 1 rings (SSSR count). The molecule has 0 fully saturated rings. The second-order valence-corrected chi connectivity index (χ2v) is 4.18. The molecule has 0 atom stereocenters. The summed E-state index contributed by atoms with van der Waals surface area (Å²) in [5, 5.41) is 0. The van der Waals surface area contributed by atoms with Crippen molar-refractivity contribution in [2.24, 2.45) is 0 Å². The van der Waals surface area contributed by atoms with Gasteiger partial charge in [-0.25, -0.2) is 0 Å². The molecular weight excluding hydrogens is 198 g/mol. The topological polar surface area (TPSA) is 20.3 Å². The fourth-order valence-corrected chi connectivity index (χ4v) is 1.63. The number of likely N-dealkylation sites (N-methyl/N-ethyl adjacent to an activating group) is 1. The lowest BCUT2D eigenvalue weighted by atomic mass is 10.1. The van der Waals surface area contributed by atoms with E-state index in [2.05, 4.69) is 6.92 Å². The van der Waals surface area contributed by atoms with Gasteiger partial charge in [-0.15, -0.1) is 0 Å². The second-order valence-electron chi connectivity index (χ2n) is 4.18. The minimum absolute atomic E-state index is 0.210. The first-order valence-corrected chi connectivity index (χ1v) is 6.02. The molecule has 0 spiro atoms. The minimum Gasteiger partial charge on any atom is -0.345 e. The van der Waals surface area contributed by atoms with E-state index in [1.807, 2.05) is 42.3 Å². The summed E-state index contributed by atoms with van der Waals surface area (Å²) < 4.78 is 0. The largest absolute Gasteiger partial charge is 0.345 e. The average molecular weight is 219 g/mol. The van der Waals surface area contributed by atoms with E-state index in [-0.39, 0.29) is 5.91 Å². The predicted octanol–water partition coefficient (Wildman–Crippen LogP) is 2.88. The highest BCUT2D eigenvalue weighted by atomic mass is 16.2. The zero-order chi connectivity index (χ0) is 11.8. The molecular formula is C14H21NO. The average Bonchev–Trinajstić information content (AvgIpc) is 2.30. The molecule has 2 nitrogen and oxygen atoms in total. The number of unbranched alkanes of at least 4 members (excludes halogenated alkanes) is 2. The fraction of sp³-hybridized carbons (Fsp3) is 0.500. The molecule has 16 heavy (non-hydrogen) atoms. The normalized spacial score (nSPS) is 10.1. The summed E-state index contributed by atoms with van der Waals surface area (Å²) in [6.45, 7) is 3.05. The fourth-order valence-electron chi connectivity index (χ4n) is 1.63. The molecule has 0 saturated heterocycles. The Balaban J connectivity index is 2.34. The second kappa shape index (κ2) is 7.04. The van der Waals surface area contributed by atoms with E-state index in [9.17, 15) is 4.79 Å². The first-order valence-electron chi connectivity index (χ1n) is 6.02. The summed E-state index contributed by atoms with van der Waals surface area (Å²) >= 11 is 0. The summed E-state index contributed by atoms with van der Waals surface area (Å²) in [6.07, 6.45) is 4.01. The molecule has 0 aliphatic carbocycles. The lowest BCUT2D eigenvalue weighted by molar-refractivity contribution is -0.129. The van der Waals surface area contributed by atoms with Gasteiger partial charge in [0.2, 0.25) is 5.91 Å². The molecule has 0 N–H and O–H groups in total. The summed E-state index contributed by atoms with van der Waals surface area (Å²) in [6, 6.07) is 9.91. The van der Waals surface area contributed by atoms with Crippen LogP contribution in [0.2, 0.25) is 0 Å². The first kappa shape index (κ1) is 12.8. The van der Waals surface area contributed by atoms with Crippen molar-refractivity contribution in [2.45, 2.75) is 32.6 Å². The van der Waals surface area contributed by atoms with Crippen LogP contribution in [0.25, 0.3) is 0 Å². The van der Waals surface area contributed by atoms with E-state index in [0.717, 1.165) is 18.5 Å². The van der Waals surface area contributed by atoms with Crippen LogP contribution in [-0.2, 0) is 11.2 Å². The molecule has 88 valence electrons. The van der Waals surface area contributed by atoms with Crippen LogP contribution in [0.3, 0.4) is 0 Å². The van der Waals surface area contributed by atoms with Crippen LogP contribution in [0.5, 0.6) is 0 Å². The van der Waals surface area contributed by atoms with Crippen molar-refractivity contribution in [1.82, 2.24) is 4.90 Å². The number of hydrogen-bond acceptors (Lipinski definition) is 1. The molecule has 2 heteroatoms. The number of hydrogen-bond donors (Lipinski definition) is 0. The van der Waals surface area contributed by atoms with E-state index >= 15 is 0 Å². The van der Waals surface area contributed by atoms with Gasteiger partial charge in [0.1, 0.15) is 0 Å². The van der Waals surface area contributed by atoms with Crippen LogP contribution in [-0.4, -0.2) is 24.4 Å². The number of carbonyl (C=O) groups is 1. The van der Waals surface area contributed by atoms with E-state index in [0.29, 0.717) is 6.42 Å². The maximum Gasteiger partial charge on any atom is 0.226 e. The zero-order valence-corrected chi connectivity index (χ0v) is 10.3. The Kier molecular flexibility index (Phi) is 5.62. The van der Waals surface area contributed by atoms with Crippen molar-refractivity contribution < 1.29 is 4.79 Å². The number of benzene rings is 1. The maximum absolute atomic E-state index is 11.8. The Morgan fingerprint density at radius 3 is 2.50 bits per heavy atom. The number of carbonyl (C=O) groups excluding carboxylic acids is 1. The third-order valence-corrected chi connectivity index (χ3v) is 2.72. The van der Waals surface area contributed by atoms with Gasteiger partial charge in [0, 0.05) is 13.6 Å². The van der Waals surface area contributed by atoms with E-state index < -0.39 is 0 Å². The van der Waals surface area contributed by atoms with Crippen molar-refractivity contribution in [3.63, 3.8) is 0 Å². The van der Waals surface area contributed by atoms with Gasteiger partial charge < -0.3 is 4.90 Å².